The minimum absolute atomic E-state index is 0.0982. The van der Waals surface area contributed by atoms with Gasteiger partial charge in [-0.05, 0) is 43.5 Å². The van der Waals surface area contributed by atoms with Gasteiger partial charge in [0.2, 0.25) is 17.7 Å². The Bertz CT molecular complexity index is 950. The molecule has 8 heteroatoms. The lowest BCUT2D eigenvalue weighted by Gasteiger charge is -2.28. The number of amides is 3. The molecule has 33 heavy (non-hydrogen) atoms. The molecule has 2 aromatic carbocycles. The molecule has 0 aliphatic carbocycles. The zero-order chi connectivity index (χ0) is 23.6. The van der Waals surface area contributed by atoms with Gasteiger partial charge in [-0.2, -0.15) is 0 Å². The molecule has 3 N–H and O–H groups in total. The number of nitrogens with zero attached hydrogens (tertiary/aromatic N) is 1. The molecule has 0 saturated carbocycles. The van der Waals surface area contributed by atoms with Crippen LogP contribution in [0.2, 0.25) is 0 Å². The number of hydrogen-bond acceptors (Lipinski definition) is 5. The second-order valence-corrected chi connectivity index (χ2v) is 8.20. The van der Waals surface area contributed by atoms with E-state index in [2.05, 4.69) is 5.32 Å². The summed E-state index contributed by atoms with van der Waals surface area (Å²) in [5.74, 6) is -0.357. The second kappa shape index (κ2) is 12.0. The summed E-state index contributed by atoms with van der Waals surface area (Å²) in [6.45, 7) is 2.48. The average Bonchev–Trinajstić information content (AvgIpc) is 3.32. The van der Waals surface area contributed by atoms with Crippen molar-refractivity contribution in [2.75, 3.05) is 11.9 Å². The van der Waals surface area contributed by atoms with Gasteiger partial charge in [-0.1, -0.05) is 44.0 Å². The molecule has 0 aromatic heterocycles. The van der Waals surface area contributed by atoms with Crippen molar-refractivity contribution in [2.24, 2.45) is 5.92 Å². The summed E-state index contributed by atoms with van der Waals surface area (Å²) in [6.07, 6.45) is 3.38. The fourth-order valence-electron chi connectivity index (χ4n) is 4.06. The molecule has 3 rings (SSSR count). The van der Waals surface area contributed by atoms with E-state index in [1.54, 1.807) is 34.6 Å². The second-order valence-electron chi connectivity index (χ2n) is 8.20. The highest BCUT2D eigenvalue weighted by molar-refractivity contribution is 5.98. The lowest BCUT2D eigenvalue weighted by atomic mass is 9.96. The van der Waals surface area contributed by atoms with Gasteiger partial charge >= 0.3 is 0 Å². The number of hydroxylamine groups is 1. The topological polar surface area (TPSA) is 108 Å². The summed E-state index contributed by atoms with van der Waals surface area (Å²) in [5.41, 5.74) is 2.18. The number of carbonyl (C=O) groups excluding carboxylic acids is 3. The fourth-order valence-corrected chi connectivity index (χ4v) is 4.06. The number of nitrogens with one attached hydrogen (secondary N) is 2. The lowest BCUT2D eigenvalue weighted by Crippen LogP contribution is -2.46. The van der Waals surface area contributed by atoms with Crippen molar-refractivity contribution in [3.05, 3.63) is 54.6 Å². The smallest absolute Gasteiger partial charge is 0.247 e. The molecule has 2 atom stereocenters. The van der Waals surface area contributed by atoms with E-state index in [9.17, 15) is 14.4 Å². The van der Waals surface area contributed by atoms with Crippen molar-refractivity contribution in [3.8, 4) is 11.5 Å². The number of para-hydroxylation sites is 1. The predicted octanol–water partition coefficient (Wildman–Crippen LogP) is 4.11. The first-order valence-electron chi connectivity index (χ1n) is 11.4. The van der Waals surface area contributed by atoms with Crippen LogP contribution in [0.5, 0.6) is 11.5 Å². The number of unbranched alkanes of at least 4 members (excludes halogenated alkanes) is 1. The van der Waals surface area contributed by atoms with Crippen LogP contribution in [0.4, 0.5) is 5.69 Å². The van der Waals surface area contributed by atoms with Crippen LogP contribution in [0, 0.1) is 5.92 Å². The molecule has 0 spiro atoms. The Morgan fingerprint density at radius 3 is 2.61 bits per heavy atom. The van der Waals surface area contributed by atoms with Gasteiger partial charge < -0.3 is 15.0 Å². The molecule has 1 aliphatic heterocycles. The average molecular weight is 454 g/mol. The quantitative estimate of drug-likeness (QED) is 0.371. The number of rotatable bonds is 10. The van der Waals surface area contributed by atoms with Crippen molar-refractivity contribution in [1.82, 2.24) is 10.4 Å². The first-order chi connectivity index (χ1) is 16.0. The third-order valence-corrected chi connectivity index (χ3v) is 5.73. The van der Waals surface area contributed by atoms with E-state index >= 15 is 0 Å². The summed E-state index contributed by atoms with van der Waals surface area (Å²) in [5, 5.41) is 11.8. The number of hydrogen-bond donors (Lipinski definition) is 3. The lowest BCUT2D eigenvalue weighted by molar-refractivity contribution is -0.143. The number of carbonyl (C=O) groups is 3. The van der Waals surface area contributed by atoms with Crippen molar-refractivity contribution >= 4 is 23.4 Å². The van der Waals surface area contributed by atoms with Crippen LogP contribution in [0.15, 0.2) is 54.6 Å². The van der Waals surface area contributed by atoms with E-state index in [-0.39, 0.29) is 18.2 Å². The van der Waals surface area contributed by atoms with Crippen LogP contribution in [-0.4, -0.2) is 40.4 Å². The summed E-state index contributed by atoms with van der Waals surface area (Å²) in [6, 6.07) is 15.9. The molecule has 176 valence electrons. The minimum Gasteiger partial charge on any atom is -0.457 e. The molecular formula is C25H31N3O5. The molecule has 0 radical (unpaired) electrons. The van der Waals surface area contributed by atoms with Crippen LogP contribution in [0.1, 0.15) is 45.4 Å². The maximum atomic E-state index is 13.2. The molecule has 1 saturated heterocycles. The highest BCUT2D eigenvalue weighted by Gasteiger charge is 2.37. The molecule has 2 unspecified atom stereocenters. The molecule has 1 fully saturated rings. The zero-order valence-corrected chi connectivity index (χ0v) is 18.8. The highest BCUT2D eigenvalue weighted by Crippen LogP contribution is 2.27. The number of ether oxygens (including phenoxy) is 1. The van der Waals surface area contributed by atoms with E-state index < -0.39 is 17.9 Å². The monoisotopic (exact) mass is 453 g/mol. The fraction of sp³-hybridized carbons (Fsp3) is 0.400. The predicted molar refractivity (Wildman–Crippen MR) is 124 cm³/mol. The maximum Gasteiger partial charge on any atom is 0.247 e. The first kappa shape index (κ1) is 24.3. The number of likely N-dealkylation sites (tertiary alicyclic amines) is 1. The van der Waals surface area contributed by atoms with Gasteiger partial charge in [0.1, 0.15) is 17.5 Å². The van der Waals surface area contributed by atoms with E-state index in [1.165, 1.54) is 0 Å². The van der Waals surface area contributed by atoms with E-state index in [1.807, 2.05) is 37.3 Å². The normalized spacial score (nSPS) is 16.2. The summed E-state index contributed by atoms with van der Waals surface area (Å²) in [4.78, 5) is 39.5. The third kappa shape index (κ3) is 6.79. The van der Waals surface area contributed by atoms with Crippen molar-refractivity contribution in [1.29, 1.82) is 0 Å². The van der Waals surface area contributed by atoms with Crippen LogP contribution in [0.3, 0.4) is 0 Å². The standard InChI is InChI=1S/C25H31N3O5/c1-2-3-9-18(16-23(29)27-32)25(31)28-15-8-14-22(28)24(30)26-19-10-7-13-21(17-19)33-20-11-5-4-6-12-20/h4-7,10-13,17-18,22,32H,2-3,8-9,14-16H2,1H3,(H,26,30)(H,27,29). The largest absolute Gasteiger partial charge is 0.457 e. The zero-order valence-electron chi connectivity index (χ0n) is 18.8. The Kier molecular flexibility index (Phi) is 8.83. The van der Waals surface area contributed by atoms with Crippen LogP contribution in [0.25, 0.3) is 0 Å². The van der Waals surface area contributed by atoms with Crippen LogP contribution >= 0.6 is 0 Å². The number of benzene rings is 2. The Morgan fingerprint density at radius 2 is 1.88 bits per heavy atom. The Labute approximate surface area is 193 Å². The summed E-state index contributed by atoms with van der Waals surface area (Å²) in [7, 11) is 0. The molecule has 1 heterocycles. The first-order valence-corrected chi connectivity index (χ1v) is 11.4. The van der Waals surface area contributed by atoms with E-state index in [0.717, 1.165) is 12.8 Å². The van der Waals surface area contributed by atoms with Crippen molar-refractivity contribution in [2.45, 2.75) is 51.5 Å². The van der Waals surface area contributed by atoms with Crippen LogP contribution < -0.4 is 15.5 Å². The number of anilines is 1. The Hall–Kier alpha value is -3.39. The van der Waals surface area contributed by atoms with Gasteiger partial charge in [0.15, 0.2) is 0 Å². The van der Waals surface area contributed by atoms with Gasteiger partial charge in [-0.15, -0.1) is 0 Å². The molecule has 3 amide bonds. The van der Waals surface area contributed by atoms with Gasteiger partial charge in [0, 0.05) is 30.6 Å². The SMILES string of the molecule is CCCCC(CC(=O)NO)C(=O)N1CCCC1C(=O)Nc1cccc(Oc2ccccc2)c1. The molecular weight excluding hydrogens is 422 g/mol. The molecule has 2 aromatic rings. The summed E-state index contributed by atoms with van der Waals surface area (Å²) < 4.78 is 5.83. The molecule has 8 nitrogen and oxygen atoms in total. The van der Waals surface area contributed by atoms with Crippen molar-refractivity contribution in [3.63, 3.8) is 0 Å². The minimum atomic E-state index is -0.600. The van der Waals surface area contributed by atoms with E-state index in [4.69, 9.17) is 9.94 Å². The van der Waals surface area contributed by atoms with Gasteiger partial charge in [0.25, 0.3) is 0 Å². The Morgan fingerprint density at radius 1 is 1.12 bits per heavy atom. The molecule has 1 aliphatic rings. The highest BCUT2D eigenvalue weighted by atomic mass is 16.5. The van der Waals surface area contributed by atoms with Gasteiger partial charge in [0.05, 0.1) is 0 Å². The molecule has 0 bridgehead atoms. The van der Waals surface area contributed by atoms with Gasteiger partial charge in [-0.3, -0.25) is 19.6 Å². The Balaban J connectivity index is 1.67. The van der Waals surface area contributed by atoms with E-state index in [0.29, 0.717) is 43.0 Å². The maximum absolute atomic E-state index is 13.2. The third-order valence-electron chi connectivity index (χ3n) is 5.73. The van der Waals surface area contributed by atoms with Crippen LogP contribution in [-0.2, 0) is 14.4 Å². The van der Waals surface area contributed by atoms with Gasteiger partial charge in [-0.25, -0.2) is 5.48 Å². The van der Waals surface area contributed by atoms with Crippen molar-refractivity contribution < 1.29 is 24.3 Å². The summed E-state index contributed by atoms with van der Waals surface area (Å²) >= 11 is 0.